The van der Waals surface area contributed by atoms with Gasteiger partial charge in [-0.3, -0.25) is 0 Å². The smallest absolute Gasteiger partial charge is 0.366 e. The monoisotopic (exact) mass is 324 g/mol. The quantitative estimate of drug-likeness (QED) is 0.810. The minimum atomic E-state index is -3.67. The van der Waals surface area contributed by atoms with Crippen LogP contribution in [0.15, 0.2) is 18.2 Å². The average molecular weight is 324 g/mol. The van der Waals surface area contributed by atoms with Crippen molar-refractivity contribution in [3.8, 4) is 6.07 Å². The highest BCUT2D eigenvalue weighted by Gasteiger charge is 2.35. The number of ether oxygens (including phenoxy) is 1. The Balaban J connectivity index is 2.01. The molecule has 1 aromatic carbocycles. The Labute approximate surface area is 130 Å². The number of nitrogens with zero attached hydrogens (tertiary/aromatic N) is 2. The van der Waals surface area contributed by atoms with Crippen LogP contribution in [0.2, 0.25) is 0 Å². The highest BCUT2D eigenvalue weighted by Crippen LogP contribution is 2.45. The van der Waals surface area contributed by atoms with Gasteiger partial charge in [0, 0.05) is 13.7 Å². The Morgan fingerprint density at radius 3 is 2.95 bits per heavy atom. The van der Waals surface area contributed by atoms with Crippen molar-refractivity contribution in [2.24, 2.45) is 0 Å². The minimum Gasteiger partial charge on any atom is -0.366 e. The van der Waals surface area contributed by atoms with Gasteiger partial charge in [0.25, 0.3) is 0 Å². The molecule has 1 aromatic rings. The molecule has 1 N–H and O–H groups in total. The summed E-state index contributed by atoms with van der Waals surface area (Å²) in [6, 6.07) is 7.73. The van der Waals surface area contributed by atoms with Gasteiger partial charge in [-0.2, -0.15) is 5.26 Å². The van der Waals surface area contributed by atoms with Gasteiger partial charge in [-0.05, 0) is 50.1 Å². The second kappa shape index (κ2) is 6.49. The number of hydrogen-bond donors (Lipinski definition) is 1. The molecule has 22 heavy (non-hydrogen) atoms. The molecular formula is C15H21N2O4P. The normalized spacial score (nSPS) is 23.1. The first-order valence-corrected chi connectivity index (χ1v) is 8.63. The fourth-order valence-electron chi connectivity index (χ4n) is 2.73. The Hall–Kier alpha value is -1.22. The van der Waals surface area contributed by atoms with E-state index < -0.39 is 13.3 Å². The Bertz CT molecular complexity index is 643. The first kappa shape index (κ1) is 17.1. The van der Waals surface area contributed by atoms with Gasteiger partial charge in [0.1, 0.15) is 0 Å². The molecule has 2 unspecified atom stereocenters. The molecular weight excluding hydrogens is 303 g/mol. The van der Waals surface area contributed by atoms with E-state index in [4.69, 9.17) is 10.00 Å². The number of nitriles is 1. The summed E-state index contributed by atoms with van der Waals surface area (Å²) in [5.41, 5.74) is 2.34. The molecule has 0 aliphatic carbocycles. The molecule has 2 atom stereocenters. The summed E-state index contributed by atoms with van der Waals surface area (Å²) in [5.74, 6) is 0. The molecule has 1 heterocycles. The maximum absolute atomic E-state index is 11.7. The third kappa shape index (κ3) is 3.40. The van der Waals surface area contributed by atoms with Gasteiger partial charge in [0.2, 0.25) is 0 Å². The van der Waals surface area contributed by atoms with Crippen LogP contribution in [0.4, 0.5) is 0 Å². The fraction of sp³-hybridized carbons (Fsp3) is 0.533. The van der Waals surface area contributed by atoms with Crippen molar-refractivity contribution in [2.45, 2.75) is 32.0 Å². The highest BCUT2D eigenvalue weighted by molar-refractivity contribution is 7.50. The van der Waals surface area contributed by atoms with Gasteiger partial charge in [0.05, 0.1) is 23.8 Å². The van der Waals surface area contributed by atoms with E-state index >= 15 is 0 Å². The molecule has 7 heteroatoms. The van der Waals surface area contributed by atoms with Gasteiger partial charge >= 0.3 is 7.75 Å². The van der Waals surface area contributed by atoms with Crippen LogP contribution < -0.4 is 0 Å². The summed E-state index contributed by atoms with van der Waals surface area (Å²) in [4.78, 5) is 9.56. The van der Waals surface area contributed by atoms with Crippen molar-refractivity contribution in [3.05, 3.63) is 34.9 Å². The average Bonchev–Trinajstić information content (AvgIpc) is 2.84. The molecule has 0 radical (unpaired) electrons. The van der Waals surface area contributed by atoms with Crippen molar-refractivity contribution in [1.29, 1.82) is 5.26 Å². The first-order chi connectivity index (χ1) is 10.3. The molecule has 6 nitrogen and oxygen atoms in total. The molecule has 0 saturated carbocycles. The third-order valence-corrected chi connectivity index (χ3v) is 5.69. The summed E-state index contributed by atoms with van der Waals surface area (Å²) >= 11 is 0. The van der Waals surface area contributed by atoms with Gasteiger partial charge in [-0.25, -0.2) is 9.24 Å². The van der Waals surface area contributed by atoms with E-state index in [9.17, 15) is 9.46 Å². The SMILES string of the molecule is COP(=O)(O)N(C)CCCC1(C)OCc2cc(C#N)ccc21. The lowest BCUT2D eigenvalue weighted by Crippen LogP contribution is -2.24. The van der Waals surface area contributed by atoms with Crippen LogP contribution in [-0.4, -0.2) is 30.3 Å². The maximum Gasteiger partial charge on any atom is 0.405 e. The molecule has 0 amide bonds. The summed E-state index contributed by atoms with van der Waals surface area (Å²) in [5, 5.41) is 8.94. The molecule has 0 aromatic heterocycles. The molecule has 120 valence electrons. The van der Waals surface area contributed by atoms with Gasteiger partial charge < -0.3 is 14.2 Å². The number of fused-ring (bicyclic) bond motifs is 1. The van der Waals surface area contributed by atoms with Crippen LogP contribution in [0.5, 0.6) is 0 Å². The van der Waals surface area contributed by atoms with Crippen molar-refractivity contribution < 1.29 is 18.7 Å². The zero-order chi connectivity index (χ0) is 16.4. The van der Waals surface area contributed by atoms with E-state index in [0.29, 0.717) is 25.1 Å². The lowest BCUT2D eigenvalue weighted by molar-refractivity contribution is -0.0315. The van der Waals surface area contributed by atoms with E-state index in [1.807, 2.05) is 19.1 Å². The number of benzene rings is 1. The fourth-order valence-corrected chi connectivity index (χ4v) is 3.40. The zero-order valence-electron chi connectivity index (χ0n) is 13.1. The predicted octanol–water partition coefficient (Wildman–Crippen LogP) is 2.76. The van der Waals surface area contributed by atoms with E-state index in [1.54, 1.807) is 13.1 Å². The van der Waals surface area contributed by atoms with Gasteiger partial charge in [0.15, 0.2) is 0 Å². The predicted molar refractivity (Wildman–Crippen MR) is 82.0 cm³/mol. The van der Waals surface area contributed by atoms with Gasteiger partial charge in [-0.1, -0.05) is 6.07 Å². The van der Waals surface area contributed by atoms with Crippen LogP contribution in [0, 0.1) is 11.3 Å². The standard InChI is InChI=1S/C15H21N2O4P/c1-15(7-4-8-17(2)22(18,19)20-3)14-6-5-12(10-16)9-13(14)11-21-15/h5-6,9H,4,7-8,11H2,1-3H3,(H,18,19). The molecule has 0 spiro atoms. The van der Waals surface area contributed by atoms with Crippen LogP contribution in [0.1, 0.15) is 36.5 Å². The van der Waals surface area contributed by atoms with Crippen LogP contribution in [0.3, 0.4) is 0 Å². The largest absolute Gasteiger partial charge is 0.405 e. The second-order valence-corrected chi connectivity index (χ2v) is 7.69. The maximum atomic E-state index is 11.7. The van der Waals surface area contributed by atoms with E-state index in [2.05, 4.69) is 10.6 Å². The highest BCUT2D eigenvalue weighted by atomic mass is 31.2. The molecule has 1 aliphatic heterocycles. The topological polar surface area (TPSA) is 82.8 Å². The van der Waals surface area contributed by atoms with Crippen molar-refractivity contribution in [2.75, 3.05) is 20.7 Å². The number of hydrogen-bond acceptors (Lipinski definition) is 4. The minimum absolute atomic E-state index is 0.420. The molecule has 1 aliphatic rings. The first-order valence-electron chi connectivity index (χ1n) is 7.10. The van der Waals surface area contributed by atoms with E-state index in [-0.39, 0.29) is 0 Å². The van der Waals surface area contributed by atoms with Gasteiger partial charge in [-0.15, -0.1) is 0 Å². The lowest BCUT2D eigenvalue weighted by atomic mass is 9.89. The van der Waals surface area contributed by atoms with E-state index in [0.717, 1.165) is 17.5 Å². The summed E-state index contributed by atoms with van der Waals surface area (Å²) < 4.78 is 23.5. The van der Waals surface area contributed by atoms with Crippen LogP contribution in [0.25, 0.3) is 0 Å². The summed E-state index contributed by atoms with van der Waals surface area (Å²) in [6.07, 6.45) is 1.42. The van der Waals surface area contributed by atoms with Crippen molar-refractivity contribution >= 4 is 7.75 Å². The Morgan fingerprint density at radius 1 is 1.59 bits per heavy atom. The second-order valence-electron chi connectivity index (χ2n) is 5.66. The van der Waals surface area contributed by atoms with Crippen molar-refractivity contribution in [1.82, 2.24) is 4.67 Å². The third-order valence-electron chi connectivity index (χ3n) is 4.16. The van der Waals surface area contributed by atoms with E-state index in [1.165, 1.54) is 11.8 Å². The summed E-state index contributed by atoms with van der Waals surface area (Å²) in [6.45, 7) is 2.94. The number of rotatable bonds is 6. The molecule has 0 bridgehead atoms. The zero-order valence-corrected chi connectivity index (χ0v) is 14.0. The molecule has 0 fully saturated rings. The Morgan fingerprint density at radius 2 is 2.32 bits per heavy atom. The van der Waals surface area contributed by atoms with Crippen molar-refractivity contribution in [3.63, 3.8) is 0 Å². The molecule has 0 saturated heterocycles. The lowest BCUT2D eigenvalue weighted by Gasteiger charge is -2.27. The molecule has 2 rings (SSSR count). The van der Waals surface area contributed by atoms with Crippen LogP contribution >= 0.6 is 7.75 Å². The Kier molecular flexibility index (Phi) is 5.06. The summed E-state index contributed by atoms with van der Waals surface area (Å²) in [7, 11) is -0.879. The van der Waals surface area contributed by atoms with Crippen LogP contribution in [-0.2, 0) is 26.0 Å².